The summed E-state index contributed by atoms with van der Waals surface area (Å²) in [4.78, 5) is 13.2. The fourth-order valence-corrected chi connectivity index (χ4v) is 4.19. The van der Waals surface area contributed by atoms with Gasteiger partial charge in [-0.3, -0.25) is 4.79 Å². The van der Waals surface area contributed by atoms with Gasteiger partial charge in [0.2, 0.25) is 0 Å². The first-order valence-corrected chi connectivity index (χ1v) is 9.68. The zero-order valence-electron chi connectivity index (χ0n) is 16.3. The van der Waals surface area contributed by atoms with Gasteiger partial charge in [-0.25, -0.2) is 0 Å². The average molecular weight is 350 g/mol. The molecule has 2 heteroatoms. The Bertz CT molecular complexity index is 823. The minimum absolute atomic E-state index is 0. The van der Waals surface area contributed by atoms with Gasteiger partial charge in [0.05, 0.1) is 0 Å². The number of ketones is 1. The summed E-state index contributed by atoms with van der Waals surface area (Å²) in [6.07, 6.45) is 3.15. The number of carbonyl (C=O) groups is 1. The molecule has 2 unspecified atom stereocenters. The van der Waals surface area contributed by atoms with Gasteiger partial charge in [-0.2, -0.15) is 0 Å². The normalized spacial score (nSPS) is 19.7. The van der Waals surface area contributed by atoms with Gasteiger partial charge in [-0.1, -0.05) is 56.7 Å². The molecule has 1 aliphatic carbocycles. The summed E-state index contributed by atoms with van der Waals surface area (Å²) < 4.78 is 0. The molecule has 138 valence electrons. The molecule has 0 bridgehead atoms. The highest BCUT2D eigenvalue weighted by Gasteiger charge is 2.34. The molecule has 0 amide bonds. The third-order valence-electron chi connectivity index (χ3n) is 5.81. The molecule has 0 heterocycles. The van der Waals surface area contributed by atoms with Crippen LogP contribution < -0.4 is 0 Å². The highest BCUT2D eigenvalue weighted by Crippen LogP contribution is 2.41. The van der Waals surface area contributed by atoms with Gasteiger partial charge < -0.3 is 5.41 Å². The Morgan fingerprint density at radius 1 is 1.12 bits per heavy atom. The van der Waals surface area contributed by atoms with E-state index in [4.69, 9.17) is 5.41 Å². The Labute approximate surface area is 158 Å². The van der Waals surface area contributed by atoms with E-state index < -0.39 is 0 Å². The van der Waals surface area contributed by atoms with Gasteiger partial charge in [0.15, 0.2) is 5.78 Å². The van der Waals surface area contributed by atoms with E-state index in [-0.39, 0.29) is 13.1 Å². The molecule has 1 fully saturated rings. The van der Waals surface area contributed by atoms with E-state index >= 15 is 0 Å². The van der Waals surface area contributed by atoms with Gasteiger partial charge in [0.25, 0.3) is 0 Å². The summed E-state index contributed by atoms with van der Waals surface area (Å²) in [7, 11) is 0. The van der Waals surface area contributed by atoms with Crippen molar-refractivity contribution in [2.45, 2.75) is 58.8 Å². The first kappa shape index (κ1) is 18.6. The largest absolute Gasteiger partial charge is 0.305 e. The van der Waals surface area contributed by atoms with Crippen molar-refractivity contribution in [3.05, 3.63) is 70.3 Å². The molecule has 2 nitrogen and oxygen atoms in total. The standard InChI is InChI=1S/C24H29NO.H2/c1-15(2)18-10-12-19(13-11-18)21-6-5-7-22(21)24(26)20-9-8-16(3)23(14-20)17(4)25;/h8-15,21-22,25H,5-7H2,1-4H3;1H. The molecule has 0 spiro atoms. The molecule has 1 aliphatic rings. The first-order chi connectivity index (χ1) is 12.4. The second-order valence-electron chi connectivity index (χ2n) is 7.98. The Hall–Kier alpha value is -2.22. The molecule has 1 N–H and O–H groups in total. The smallest absolute Gasteiger partial charge is 0.166 e. The van der Waals surface area contributed by atoms with E-state index in [1.807, 2.05) is 25.1 Å². The zero-order valence-corrected chi connectivity index (χ0v) is 16.3. The molecule has 3 rings (SSSR count). The summed E-state index contributed by atoms with van der Waals surface area (Å²) in [6, 6.07) is 14.7. The summed E-state index contributed by atoms with van der Waals surface area (Å²) >= 11 is 0. The molecule has 2 aromatic carbocycles. The van der Waals surface area contributed by atoms with Crippen LogP contribution in [0.1, 0.15) is 85.9 Å². The second kappa shape index (κ2) is 7.57. The number of carbonyl (C=O) groups excluding carboxylic acids is 1. The molecular formula is C24H31NO. The molecule has 0 saturated heterocycles. The average Bonchev–Trinajstić information content (AvgIpc) is 3.11. The Morgan fingerprint density at radius 2 is 1.81 bits per heavy atom. The van der Waals surface area contributed by atoms with Crippen molar-refractivity contribution < 1.29 is 6.22 Å². The minimum atomic E-state index is 0. The second-order valence-corrected chi connectivity index (χ2v) is 7.98. The molecule has 2 aromatic rings. The van der Waals surface area contributed by atoms with Gasteiger partial charge in [-0.15, -0.1) is 0 Å². The Balaban J connectivity index is 0.00000261. The lowest BCUT2D eigenvalue weighted by atomic mass is 9.82. The van der Waals surface area contributed by atoms with Crippen LogP contribution in [0.25, 0.3) is 0 Å². The maximum Gasteiger partial charge on any atom is 0.166 e. The van der Waals surface area contributed by atoms with Crippen LogP contribution >= 0.6 is 0 Å². The van der Waals surface area contributed by atoms with E-state index in [9.17, 15) is 4.79 Å². The molecule has 26 heavy (non-hydrogen) atoms. The molecular weight excluding hydrogens is 318 g/mol. The number of hydrogen-bond donors (Lipinski definition) is 1. The first-order valence-electron chi connectivity index (χ1n) is 9.68. The topological polar surface area (TPSA) is 40.9 Å². The van der Waals surface area contributed by atoms with Gasteiger partial charge >= 0.3 is 0 Å². The number of nitrogens with one attached hydrogen (secondary N) is 1. The van der Waals surface area contributed by atoms with Crippen molar-refractivity contribution in [3.63, 3.8) is 0 Å². The zero-order chi connectivity index (χ0) is 18.8. The third kappa shape index (κ3) is 3.65. The van der Waals surface area contributed by atoms with Crippen molar-refractivity contribution in [1.29, 1.82) is 5.41 Å². The summed E-state index contributed by atoms with van der Waals surface area (Å²) in [5, 5.41) is 7.94. The number of Topliss-reactive ketones (excluding diaryl/α,β-unsaturated/α-hetero) is 1. The predicted octanol–water partition coefficient (Wildman–Crippen LogP) is 6.52. The number of hydrogen-bond acceptors (Lipinski definition) is 2. The quantitative estimate of drug-likeness (QED) is 0.484. The highest BCUT2D eigenvalue weighted by atomic mass is 16.1. The minimum Gasteiger partial charge on any atom is -0.305 e. The van der Waals surface area contributed by atoms with Crippen molar-refractivity contribution in [1.82, 2.24) is 0 Å². The summed E-state index contributed by atoms with van der Waals surface area (Å²) in [5.74, 6) is 1.14. The number of aryl methyl sites for hydroxylation is 1. The fourth-order valence-electron chi connectivity index (χ4n) is 4.19. The third-order valence-corrected chi connectivity index (χ3v) is 5.81. The predicted molar refractivity (Wildman–Crippen MR) is 111 cm³/mol. The number of benzene rings is 2. The molecule has 2 atom stereocenters. The molecule has 1 saturated carbocycles. The maximum absolute atomic E-state index is 13.2. The van der Waals surface area contributed by atoms with Crippen molar-refractivity contribution >= 4 is 11.5 Å². The van der Waals surface area contributed by atoms with Gasteiger partial charge in [0.1, 0.15) is 0 Å². The lowest BCUT2D eigenvalue weighted by Gasteiger charge is -2.20. The fraction of sp³-hybridized carbons (Fsp3) is 0.417. The molecule has 0 aromatic heterocycles. The SMILES string of the molecule is CC(=N)c1cc(C(=O)C2CCCC2c2ccc(C(C)C)cc2)ccc1C.[HH]. The van der Waals surface area contributed by atoms with Crippen LogP contribution in [0.4, 0.5) is 0 Å². The monoisotopic (exact) mass is 349 g/mol. The Kier molecular flexibility index (Phi) is 5.41. The highest BCUT2D eigenvalue weighted by molar-refractivity contribution is 6.03. The van der Waals surface area contributed by atoms with E-state index in [1.54, 1.807) is 6.92 Å². The number of rotatable bonds is 5. The van der Waals surface area contributed by atoms with Crippen LogP contribution in [0, 0.1) is 18.3 Å². The van der Waals surface area contributed by atoms with Crippen molar-refractivity contribution in [2.24, 2.45) is 5.92 Å². The summed E-state index contributed by atoms with van der Waals surface area (Å²) in [5.41, 5.74) is 5.85. The van der Waals surface area contributed by atoms with Crippen LogP contribution in [0.2, 0.25) is 0 Å². The van der Waals surface area contributed by atoms with Crippen LogP contribution in [0.15, 0.2) is 42.5 Å². The Morgan fingerprint density at radius 3 is 2.42 bits per heavy atom. The van der Waals surface area contributed by atoms with Crippen molar-refractivity contribution in [2.75, 3.05) is 0 Å². The van der Waals surface area contributed by atoms with Crippen LogP contribution in [-0.2, 0) is 0 Å². The lowest BCUT2D eigenvalue weighted by Crippen LogP contribution is -2.18. The molecule has 0 aliphatic heterocycles. The lowest BCUT2D eigenvalue weighted by molar-refractivity contribution is 0.0912. The van der Waals surface area contributed by atoms with Crippen molar-refractivity contribution in [3.8, 4) is 0 Å². The van der Waals surface area contributed by atoms with E-state index in [0.717, 1.165) is 36.0 Å². The van der Waals surface area contributed by atoms with Crippen LogP contribution in [-0.4, -0.2) is 11.5 Å². The van der Waals surface area contributed by atoms with Crippen LogP contribution in [0.5, 0.6) is 0 Å². The molecule has 0 radical (unpaired) electrons. The van der Waals surface area contributed by atoms with E-state index in [0.29, 0.717) is 17.5 Å². The summed E-state index contributed by atoms with van der Waals surface area (Å²) in [6.45, 7) is 8.19. The van der Waals surface area contributed by atoms with Gasteiger partial charge in [0, 0.05) is 18.6 Å². The van der Waals surface area contributed by atoms with E-state index in [2.05, 4.69) is 38.1 Å². The van der Waals surface area contributed by atoms with Gasteiger partial charge in [-0.05, 0) is 66.8 Å². The van der Waals surface area contributed by atoms with Crippen LogP contribution in [0.3, 0.4) is 0 Å². The maximum atomic E-state index is 13.2. The van der Waals surface area contributed by atoms with E-state index in [1.165, 1.54) is 11.1 Å².